The summed E-state index contributed by atoms with van der Waals surface area (Å²) < 4.78 is 41.1. The Morgan fingerprint density at radius 2 is 0.788 bits per heavy atom. The molecule has 0 aliphatic carbocycles. The van der Waals surface area contributed by atoms with Crippen LogP contribution in [0.2, 0.25) is 0 Å². The summed E-state index contributed by atoms with van der Waals surface area (Å²) >= 11 is 0. The minimum absolute atomic E-state index is 0.136. The first-order valence-electron chi connectivity index (χ1n) is 20.4. The van der Waals surface area contributed by atoms with Crippen molar-refractivity contribution in [3.63, 3.8) is 0 Å². The van der Waals surface area contributed by atoms with Crippen molar-refractivity contribution in [2.24, 2.45) is 11.8 Å². The van der Waals surface area contributed by atoms with Crippen molar-refractivity contribution in [3.8, 4) is 0 Å². The standard InChI is InChI=1S/C43H54F2N6O15/c1-21(2)33(50-42(63)65-19-25-13-9-7-10-14-25)40(61)46-23(5)38(59)48-27(17-29(52)53)35(56)31(44)37(58)32(45)36(57)28(18-30(54)55)49-39(60)24(6)47-41(62)34(22(3)4)51-43(64)66-20-26-15-11-8-12-16-26/h7-16,21-24,27-28,31-34H,17-20H2,1-6H3,(H,46,61)(H,47,62)(H,48,59)(H,49,60)(H,50,63)(H,51,64)(H,52,53)(H,54,55). The predicted molar refractivity (Wildman–Crippen MR) is 225 cm³/mol. The van der Waals surface area contributed by atoms with Gasteiger partial charge in [-0.3, -0.25) is 43.2 Å². The van der Waals surface area contributed by atoms with E-state index in [9.17, 15) is 63.0 Å². The number of alkyl carbamates (subject to hydrolysis) is 2. The van der Waals surface area contributed by atoms with Gasteiger partial charge in [0.05, 0.1) is 12.8 Å². The molecule has 0 saturated heterocycles. The van der Waals surface area contributed by atoms with Gasteiger partial charge >= 0.3 is 24.1 Å². The van der Waals surface area contributed by atoms with E-state index >= 15 is 8.78 Å². The molecule has 8 N–H and O–H groups in total. The lowest BCUT2D eigenvalue weighted by Crippen LogP contribution is -2.58. The molecule has 8 atom stereocenters. The molecule has 2 rings (SSSR count). The number of carbonyl (C=O) groups is 11. The second kappa shape index (κ2) is 26.5. The van der Waals surface area contributed by atoms with E-state index in [4.69, 9.17) is 9.47 Å². The normalized spacial score (nSPS) is 14.6. The molecule has 2 aromatic carbocycles. The van der Waals surface area contributed by atoms with Crippen molar-refractivity contribution in [1.82, 2.24) is 31.9 Å². The number of amides is 6. The van der Waals surface area contributed by atoms with Crippen molar-refractivity contribution in [2.75, 3.05) is 0 Å². The molecule has 21 nitrogen and oxygen atoms in total. The van der Waals surface area contributed by atoms with Crippen LogP contribution in [0.25, 0.3) is 0 Å². The highest BCUT2D eigenvalue weighted by atomic mass is 19.1. The number of aliphatic carboxylic acids is 2. The SMILES string of the molecule is CC(NC(=O)C(NC(=O)OCc1ccccc1)C(C)C)C(=O)NC(CC(=O)O)C(=O)C(F)C(=O)C(F)C(=O)C(CC(=O)O)NC(=O)C(C)NC(=O)C(NC(=O)OCc1ccccc1)C(C)C. The van der Waals surface area contributed by atoms with Crippen LogP contribution in [0.4, 0.5) is 18.4 Å². The smallest absolute Gasteiger partial charge is 0.408 e. The van der Waals surface area contributed by atoms with Crippen molar-refractivity contribution in [2.45, 2.75) is 116 Å². The van der Waals surface area contributed by atoms with Gasteiger partial charge in [0, 0.05) is 0 Å². The van der Waals surface area contributed by atoms with E-state index in [2.05, 4.69) is 21.3 Å². The highest BCUT2D eigenvalue weighted by molar-refractivity contribution is 6.18. The Labute approximate surface area is 377 Å². The molecule has 8 unspecified atom stereocenters. The van der Waals surface area contributed by atoms with Crippen LogP contribution in [-0.4, -0.2) is 124 Å². The molecule has 360 valence electrons. The fourth-order valence-corrected chi connectivity index (χ4v) is 5.74. The van der Waals surface area contributed by atoms with E-state index in [0.29, 0.717) is 11.1 Å². The van der Waals surface area contributed by atoms with Crippen molar-refractivity contribution in [3.05, 3.63) is 71.8 Å². The summed E-state index contributed by atoms with van der Waals surface area (Å²) in [4.78, 5) is 139. The van der Waals surface area contributed by atoms with Gasteiger partial charge in [-0.2, -0.15) is 0 Å². The zero-order valence-electron chi connectivity index (χ0n) is 36.8. The van der Waals surface area contributed by atoms with Gasteiger partial charge in [0.1, 0.15) is 49.5 Å². The second-order valence-electron chi connectivity index (χ2n) is 15.6. The molecule has 0 aromatic heterocycles. The van der Waals surface area contributed by atoms with E-state index < -0.39 is 138 Å². The number of nitrogens with one attached hydrogen (secondary N) is 6. The lowest BCUT2D eigenvalue weighted by molar-refractivity contribution is -0.148. The molecule has 2 aromatic rings. The molecular formula is C43H54F2N6O15. The third-order valence-electron chi connectivity index (χ3n) is 9.45. The molecule has 0 aliphatic heterocycles. The van der Waals surface area contributed by atoms with Gasteiger partial charge in [0.2, 0.25) is 41.8 Å². The zero-order chi connectivity index (χ0) is 49.8. The van der Waals surface area contributed by atoms with Gasteiger partial charge in [-0.25, -0.2) is 18.4 Å². The summed E-state index contributed by atoms with van der Waals surface area (Å²) in [6.07, 6.45) is -12.0. The van der Waals surface area contributed by atoms with Crippen molar-refractivity contribution in [1.29, 1.82) is 0 Å². The highest BCUT2D eigenvalue weighted by Gasteiger charge is 2.44. The quantitative estimate of drug-likeness (QED) is 0.0615. The fourth-order valence-electron chi connectivity index (χ4n) is 5.74. The van der Waals surface area contributed by atoms with Gasteiger partial charge in [-0.05, 0) is 36.8 Å². The van der Waals surface area contributed by atoms with Crippen LogP contribution in [-0.2, 0) is 65.8 Å². The molecule has 0 fully saturated rings. The van der Waals surface area contributed by atoms with Crippen molar-refractivity contribution < 1.29 is 81.2 Å². The van der Waals surface area contributed by atoms with Crippen molar-refractivity contribution >= 4 is 65.1 Å². The summed E-state index contributed by atoms with van der Waals surface area (Å²) in [6.45, 7) is 8.06. The van der Waals surface area contributed by atoms with Crippen LogP contribution in [0.3, 0.4) is 0 Å². The third-order valence-corrected chi connectivity index (χ3v) is 9.45. The number of halogens is 2. The number of ether oxygens (including phenoxy) is 2. The molecule has 0 heterocycles. The number of alkyl halides is 2. The Morgan fingerprint density at radius 3 is 1.08 bits per heavy atom. The molecular weight excluding hydrogens is 878 g/mol. The second-order valence-corrected chi connectivity index (χ2v) is 15.6. The number of ketones is 3. The number of carboxylic acid groups (broad SMARTS) is 2. The number of rotatable bonds is 26. The van der Waals surface area contributed by atoms with Gasteiger partial charge < -0.3 is 51.6 Å². The maximum atomic E-state index is 15.4. The number of hydrogen-bond acceptors (Lipinski definition) is 13. The lowest BCUT2D eigenvalue weighted by Gasteiger charge is -2.25. The van der Waals surface area contributed by atoms with Gasteiger partial charge in [-0.1, -0.05) is 88.4 Å². The molecule has 0 saturated carbocycles. The van der Waals surface area contributed by atoms with Gasteiger partial charge in [0.25, 0.3) is 0 Å². The first kappa shape index (κ1) is 54.8. The number of carboxylic acids is 2. The Morgan fingerprint density at radius 1 is 0.470 bits per heavy atom. The van der Waals surface area contributed by atoms with Crippen LogP contribution in [0.5, 0.6) is 0 Å². The van der Waals surface area contributed by atoms with Crippen LogP contribution in [0.1, 0.15) is 65.5 Å². The van der Waals surface area contributed by atoms with Crippen LogP contribution in [0.15, 0.2) is 60.7 Å². The molecule has 0 bridgehead atoms. The van der Waals surface area contributed by atoms with Gasteiger partial charge in [-0.15, -0.1) is 0 Å². The predicted octanol–water partition coefficient (Wildman–Crippen LogP) is 1.20. The summed E-state index contributed by atoms with van der Waals surface area (Å²) in [5.41, 5.74) is 1.29. The van der Waals surface area contributed by atoms with E-state index in [1.54, 1.807) is 88.4 Å². The molecule has 23 heteroatoms. The monoisotopic (exact) mass is 932 g/mol. The first-order valence-corrected chi connectivity index (χ1v) is 20.4. The van der Waals surface area contributed by atoms with E-state index in [1.807, 2.05) is 10.6 Å². The molecule has 6 amide bonds. The number of hydrogen-bond donors (Lipinski definition) is 8. The molecule has 0 radical (unpaired) electrons. The number of carbonyl (C=O) groups excluding carboxylic acids is 9. The Bertz CT molecular complexity index is 1930. The minimum atomic E-state index is -3.63. The summed E-state index contributed by atoms with van der Waals surface area (Å²) in [6, 6.07) is 6.54. The Kier molecular flexibility index (Phi) is 22.0. The largest absolute Gasteiger partial charge is 0.481 e. The van der Waals surface area contributed by atoms with E-state index in [1.165, 1.54) is 0 Å². The number of Topliss-reactive ketones (excluding diaryl/α,β-unsaturated/α-hetero) is 3. The molecule has 0 aliphatic rings. The Hall–Kier alpha value is -7.33. The zero-order valence-corrected chi connectivity index (χ0v) is 36.8. The Balaban J connectivity index is 2.09. The average Bonchev–Trinajstić information content (AvgIpc) is 3.26. The average molecular weight is 933 g/mol. The van der Waals surface area contributed by atoms with E-state index in [-0.39, 0.29) is 13.2 Å². The molecule has 66 heavy (non-hydrogen) atoms. The summed E-state index contributed by atoms with van der Waals surface area (Å²) in [7, 11) is 0. The maximum Gasteiger partial charge on any atom is 0.408 e. The molecule has 0 spiro atoms. The minimum Gasteiger partial charge on any atom is -0.481 e. The topological polar surface area (TPSA) is 319 Å². The first-order chi connectivity index (χ1) is 30.9. The van der Waals surface area contributed by atoms with E-state index in [0.717, 1.165) is 13.8 Å². The van der Waals surface area contributed by atoms with Crippen LogP contribution < -0.4 is 31.9 Å². The fraction of sp³-hybridized carbons (Fsp3) is 0.465. The van der Waals surface area contributed by atoms with Crippen LogP contribution in [0, 0.1) is 11.8 Å². The lowest BCUT2D eigenvalue weighted by atomic mass is 9.95. The maximum absolute atomic E-state index is 15.4. The number of benzene rings is 2. The highest BCUT2D eigenvalue weighted by Crippen LogP contribution is 2.14. The van der Waals surface area contributed by atoms with Crippen LogP contribution >= 0.6 is 0 Å². The summed E-state index contributed by atoms with van der Waals surface area (Å²) in [5.74, 6) is -15.8. The third kappa shape index (κ3) is 18.0. The summed E-state index contributed by atoms with van der Waals surface area (Å²) in [5, 5.41) is 31.6. The van der Waals surface area contributed by atoms with Gasteiger partial charge in [0.15, 0.2) is 11.6 Å².